The predicted molar refractivity (Wildman–Crippen MR) is 103 cm³/mol. The van der Waals surface area contributed by atoms with Crippen LogP contribution in [0, 0.1) is 6.92 Å². The zero-order valence-corrected chi connectivity index (χ0v) is 15.8. The number of pyridine rings is 1. The Morgan fingerprint density at radius 1 is 1.38 bits per heavy atom. The Bertz CT molecular complexity index is 880. The van der Waals surface area contributed by atoms with E-state index in [1.54, 1.807) is 11.6 Å². The van der Waals surface area contributed by atoms with Gasteiger partial charge < -0.3 is 14.6 Å². The molecule has 0 spiro atoms. The van der Waals surface area contributed by atoms with Gasteiger partial charge in [-0.2, -0.15) is 0 Å². The molecule has 6 nitrogen and oxygen atoms in total. The first-order valence-electron chi connectivity index (χ1n) is 8.16. The van der Waals surface area contributed by atoms with Crippen molar-refractivity contribution in [1.29, 1.82) is 0 Å². The lowest BCUT2D eigenvalue weighted by molar-refractivity contribution is 0.0629. The maximum Gasteiger partial charge on any atom is 0.273 e. The van der Waals surface area contributed by atoms with Gasteiger partial charge in [0, 0.05) is 37.4 Å². The van der Waals surface area contributed by atoms with E-state index in [2.05, 4.69) is 15.3 Å². The number of furan rings is 1. The van der Waals surface area contributed by atoms with E-state index in [1.165, 1.54) is 11.3 Å². The molecule has 1 unspecified atom stereocenters. The number of hydrogen-bond acceptors (Lipinski definition) is 6. The summed E-state index contributed by atoms with van der Waals surface area (Å²) in [6.07, 6.45) is 3.56. The highest BCUT2D eigenvalue weighted by atomic mass is 35.5. The number of carbonyl (C=O) groups excluding carboxylic acids is 1. The third-order valence-corrected chi connectivity index (χ3v) is 5.10. The van der Waals surface area contributed by atoms with E-state index in [-0.39, 0.29) is 24.4 Å². The summed E-state index contributed by atoms with van der Waals surface area (Å²) in [7, 11) is 0. The minimum atomic E-state index is -0.0545. The summed E-state index contributed by atoms with van der Waals surface area (Å²) in [6.45, 7) is 4.02. The van der Waals surface area contributed by atoms with Crippen LogP contribution in [0.3, 0.4) is 0 Å². The molecule has 1 aliphatic heterocycles. The first kappa shape index (κ1) is 18.6. The van der Waals surface area contributed by atoms with Gasteiger partial charge in [-0.05, 0) is 30.7 Å². The van der Waals surface area contributed by atoms with Crippen molar-refractivity contribution < 1.29 is 9.21 Å². The number of amides is 1. The number of hydrogen-bond donors (Lipinski definition) is 1. The fourth-order valence-electron chi connectivity index (χ4n) is 3.00. The lowest BCUT2D eigenvalue weighted by atomic mass is 10.1. The molecule has 1 amide bonds. The first-order valence-corrected chi connectivity index (χ1v) is 9.04. The van der Waals surface area contributed by atoms with E-state index in [1.807, 2.05) is 42.3 Å². The highest BCUT2D eigenvalue weighted by molar-refractivity contribution is 7.13. The van der Waals surface area contributed by atoms with Gasteiger partial charge in [0.1, 0.15) is 11.5 Å². The maximum atomic E-state index is 13.0. The number of rotatable bonds is 3. The summed E-state index contributed by atoms with van der Waals surface area (Å²) in [5.41, 5.74) is 1.49. The van der Waals surface area contributed by atoms with Crippen molar-refractivity contribution in [3.8, 4) is 10.8 Å². The Kier molecular flexibility index (Phi) is 5.70. The zero-order valence-electron chi connectivity index (χ0n) is 14.2. The fourth-order valence-corrected chi connectivity index (χ4v) is 3.75. The van der Waals surface area contributed by atoms with E-state index in [9.17, 15) is 4.79 Å². The van der Waals surface area contributed by atoms with Crippen LogP contribution < -0.4 is 5.32 Å². The van der Waals surface area contributed by atoms with Crippen LogP contribution >= 0.6 is 23.7 Å². The molecule has 0 radical (unpaired) electrons. The van der Waals surface area contributed by atoms with Crippen LogP contribution in [-0.2, 0) is 0 Å². The van der Waals surface area contributed by atoms with E-state index in [0.29, 0.717) is 24.5 Å². The standard InChI is InChI=1S/C18H18N4O2S.ClH/c1-12-4-5-16(24-12)17-21-14(11-25-17)18(23)22-8-7-20-10-15(22)13-3-2-6-19-9-13;/h2-6,9,11,15,20H,7-8,10H2,1H3;1H. The van der Waals surface area contributed by atoms with Gasteiger partial charge in [-0.3, -0.25) is 9.78 Å². The molecule has 4 rings (SSSR count). The number of thiazole rings is 1. The highest BCUT2D eigenvalue weighted by Crippen LogP contribution is 2.28. The van der Waals surface area contributed by atoms with Crippen molar-refractivity contribution >= 4 is 29.7 Å². The molecule has 0 aromatic carbocycles. The van der Waals surface area contributed by atoms with Crippen molar-refractivity contribution in [1.82, 2.24) is 20.2 Å². The van der Waals surface area contributed by atoms with Gasteiger partial charge in [-0.1, -0.05) is 6.07 Å². The van der Waals surface area contributed by atoms with Crippen LogP contribution in [-0.4, -0.2) is 40.4 Å². The molecule has 136 valence electrons. The second kappa shape index (κ2) is 7.99. The van der Waals surface area contributed by atoms with Crippen LogP contribution in [0.1, 0.15) is 27.9 Å². The SMILES string of the molecule is Cc1ccc(-c2nc(C(=O)N3CCNCC3c3cccnc3)cs2)o1.Cl. The van der Waals surface area contributed by atoms with Gasteiger partial charge in [0.05, 0.1) is 6.04 Å². The molecule has 4 heterocycles. The van der Waals surface area contributed by atoms with Gasteiger partial charge in [-0.15, -0.1) is 23.7 Å². The fraction of sp³-hybridized carbons (Fsp3) is 0.278. The van der Waals surface area contributed by atoms with Crippen LogP contribution in [0.15, 0.2) is 46.5 Å². The molecule has 0 saturated carbocycles. The topological polar surface area (TPSA) is 71.3 Å². The second-order valence-corrected chi connectivity index (χ2v) is 6.81. The molecule has 1 aliphatic rings. The van der Waals surface area contributed by atoms with Gasteiger partial charge in [0.2, 0.25) is 0 Å². The minimum Gasteiger partial charge on any atom is -0.459 e. The number of aromatic nitrogens is 2. The zero-order chi connectivity index (χ0) is 17.2. The van der Waals surface area contributed by atoms with Gasteiger partial charge in [0.15, 0.2) is 10.8 Å². The average Bonchev–Trinajstić information content (AvgIpc) is 3.31. The third kappa shape index (κ3) is 3.65. The molecule has 0 aliphatic carbocycles. The maximum absolute atomic E-state index is 13.0. The molecule has 3 aromatic heterocycles. The van der Waals surface area contributed by atoms with Crippen LogP contribution in [0.4, 0.5) is 0 Å². The second-order valence-electron chi connectivity index (χ2n) is 5.95. The summed E-state index contributed by atoms with van der Waals surface area (Å²) in [5, 5.41) is 5.88. The molecule has 1 N–H and O–H groups in total. The molecular weight excluding hydrogens is 372 g/mol. The number of halogens is 1. The Balaban J connectivity index is 0.00000196. The first-order chi connectivity index (χ1) is 12.2. The van der Waals surface area contributed by atoms with Gasteiger partial charge in [-0.25, -0.2) is 4.98 Å². The monoisotopic (exact) mass is 390 g/mol. The molecule has 0 bridgehead atoms. The van der Waals surface area contributed by atoms with Crippen molar-refractivity contribution in [2.45, 2.75) is 13.0 Å². The molecular formula is C18H19ClN4O2S. The predicted octanol–water partition coefficient (Wildman–Crippen LogP) is 3.32. The summed E-state index contributed by atoms with van der Waals surface area (Å²) in [5.74, 6) is 1.48. The highest BCUT2D eigenvalue weighted by Gasteiger charge is 2.30. The average molecular weight is 391 g/mol. The smallest absolute Gasteiger partial charge is 0.273 e. The quantitative estimate of drug-likeness (QED) is 0.742. The van der Waals surface area contributed by atoms with E-state index < -0.39 is 0 Å². The summed E-state index contributed by atoms with van der Waals surface area (Å²) in [6, 6.07) is 7.64. The Morgan fingerprint density at radius 3 is 3.00 bits per heavy atom. The molecule has 26 heavy (non-hydrogen) atoms. The summed E-state index contributed by atoms with van der Waals surface area (Å²) >= 11 is 1.43. The Morgan fingerprint density at radius 2 is 2.27 bits per heavy atom. The Hall–Kier alpha value is -2.22. The summed E-state index contributed by atoms with van der Waals surface area (Å²) in [4.78, 5) is 23.6. The molecule has 3 aromatic rings. The number of carbonyl (C=O) groups is 1. The Labute approximate surface area is 161 Å². The number of nitrogens with one attached hydrogen (secondary N) is 1. The van der Waals surface area contributed by atoms with Gasteiger partial charge in [0.25, 0.3) is 5.91 Å². The van der Waals surface area contributed by atoms with Crippen LogP contribution in [0.5, 0.6) is 0 Å². The minimum absolute atomic E-state index is 0. The molecule has 1 fully saturated rings. The summed E-state index contributed by atoms with van der Waals surface area (Å²) < 4.78 is 5.60. The molecule has 8 heteroatoms. The van der Waals surface area contributed by atoms with Crippen LogP contribution in [0.2, 0.25) is 0 Å². The van der Waals surface area contributed by atoms with E-state index in [0.717, 1.165) is 22.9 Å². The molecule has 1 atom stereocenters. The van der Waals surface area contributed by atoms with E-state index >= 15 is 0 Å². The lowest BCUT2D eigenvalue weighted by Gasteiger charge is -2.36. The van der Waals surface area contributed by atoms with Crippen molar-refractivity contribution in [2.24, 2.45) is 0 Å². The third-order valence-electron chi connectivity index (χ3n) is 4.25. The lowest BCUT2D eigenvalue weighted by Crippen LogP contribution is -2.48. The number of aryl methyl sites for hydroxylation is 1. The molecule has 1 saturated heterocycles. The van der Waals surface area contributed by atoms with Crippen molar-refractivity contribution in [3.05, 3.63) is 59.1 Å². The number of piperazine rings is 1. The van der Waals surface area contributed by atoms with Crippen molar-refractivity contribution in [2.75, 3.05) is 19.6 Å². The number of nitrogens with zero attached hydrogens (tertiary/aromatic N) is 3. The van der Waals surface area contributed by atoms with Crippen molar-refractivity contribution in [3.63, 3.8) is 0 Å². The largest absolute Gasteiger partial charge is 0.459 e. The van der Waals surface area contributed by atoms with Crippen LogP contribution in [0.25, 0.3) is 10.8 Å². The van der Waals surface area contributed by atoms with E-state index in [4.69, 9.17) is 4.42 Å². The van der Waals surface area contributed by atoms with Gasteiger partial charge >= 0.3 is 0 Å². The normalized spacial score (nSPS) is 17.0.